The number of nitrogens with zero attached hydrogens (tertiary/aromatic N) is 2. The van der Waals surface area contributed by atoms with Crippen LogP contribution < -0.4 is 0 Å². The van der Waals surface area contributed by atoms with Crippen LogP contribution in [0.5, 0.6) is 0 Å². The van der Waals surface area contributed by atoms with Crippen LogP contribution in [0, 0.1) is 10.1 Å². The normalized spacial score (nSPS) is 16.2. The summed E-state index contributed by atoms with van der Waals surface area (Å²) in [5, 5.41) is 24.9. The maximum absolute atomic E-state index is 9.99. The topological polar surface area (TPSA) is 130 Å². The van der Waals surface area contributed by atoms with Crippen LogP contribution in [-0.2, 0) is 14.4 Å². The van der Waals surface area contributed by atoms with Crippen LogP contribution in [0.15, 0.2) is 12.2 Å². The van der Waals surface area contributed by atoms with Gasteiger partial charge in [-0.3, -0.25) is 0 Å². The molecule has 0 radical (unpaired) electrons. The van der Waals surface area contributed by atoms with E-state index in [0.717, 1.165) is 32.5 Å². The maximum Gasteiger partial charge on any atom is 0.328 e. The number of aliphatic carboxylic acids is 2. The highest BCUT2D eigenvalue weighted by atomic mass is 17.0. The Labute approximate surface area is 115 Å². The van der Waals surface area contributed by atoms with Gasteiger partial charge >= 0.3 is 11.9 Å². The number of piperidine rings is 1. The molecule has 0 atom stereocenters. The van der Waals surface area contributed by atoms with Gasteiger partial charge in [-0.25, -0.2) is 9.59 Å². The van der Waals surface area contributed by atoms with Crippen molar-refractivity contribution in [2.24, 2.45) is 0 Å². The summed E-state index contributed by atoms with van der Waals surface area (Å²) >= 11 is 0. The first kappa shape index (κ1) is 17.8. The molecular formula is C11H18N2O7. The van der Waals surface area contributed by atoms with E-state index in [2.05, 4.69) is 16.7 Å². The van der Waals surface area contributed by atoms with E-state index >= 15 is 0 Å². The van der Waals surface area contributed by atoms with E-state index in [0.29, 0.717) is 12.2 Å². The van der Waals surface area contributed by atoms with Gasteiger partial charge in [-0.2, -0.15) is 0 Å². The Kier molecular flexibility index (Phi) is 8.68. The van der Waals surface area contributed by atoms with E-state index in [1.165, 1.54) is 0 Å². The van der Waals surface area contributed by atoms with Crippen molar-refractivity contribution in [3.63, 3.8) is 0 Å². The van der Waals surface area contributed by atoms with E-state index in [1.807, 2.05) is 0 Å². The molecule has 0 amide bonds. The van der Waals surface area contributed by atoms with Gasteiger partial charge in [0, 0.05) is 25.2 Å². The zero-order chi connectivity index (χ0) is 15.5. The molecular weight excluding hydrogens is 272 g/mol. The third-order valence-electron chi connectivity index (χ3n) is 2.59. The van der Waals surface area contributed by atoms with Gasteiger partial charge in [-0.1, -0.05) is 6.92 Å². The first-order chi connectivity index (χ1) is 9.35. The van der Waals surface area contributed by atoms with Crippen molar-refractivity contribution in [3.8, 4) is 0 Å². The average molecular weight is 290 g/mol. The number of carboxylic acids is 2. The van der Waals surface area contributed by atoms with Crippen LogP contribution in [-0.4, -0.2) is 57.9 Å². The minimum absolute atomic E-state index is 0.178. The number of carbonyl (C=O) groups is 2. The molecule has 1 aliphatic rings. The van der Waals surface area contributed by atoms with E-state index in [9.17, 15) is 19.7 Å². The second kappa shape index (κ2) is 9.73. The lowest BCUT2D eigenvalue weighted by atomic mass is 10.1. The molecule has 1 saturated heterocycles. The SMILES string of the molecule is CCN1CCC(O[N+](=O)[O-])CC1.O=C(O)C=CC(=O)O. The monoisotopic (exact) mass is 290 g/mol. The molecule has 0 unspecified atom stereocenters. The Hall–Kier alpha value is -2.16. The van der Waals surface area contributed by atoms with Crippen molar-refractivity contribution >= 4 is 11.9 Å². The molecule has 1 heterocycles. The van der Waals surface area contributed by atoms with Gasteiger partial charge in [-0.05, 0) is 19.4 Å². The molecule has 0 aromatic carbocycles. The Morgan fingerprint density at radius 2 is 1.75 bits per heavy atom. The van der Waals surface area contributed by atoms with Crippen molar-refractivity contribution in [3.05, 3.63) is 22.3 Å². The zero-order valence-electron chi connectivity index (χ0n) is 11.1. The van der Waals surface area contributed by atoms with Crippen LogP contribution in [0.1, 0.15) is 19.8 Å². The van der Waals surface area contributed by atoms with Gasteiger partial charge in [0.1, 0.15) is 6.10 Å². The van der Waals surface area contributed by atoms with E-state index < -0.39 is 17.0 Å². The Balaban J connectivity index is 0.000000396. The third kappa shape index (κ3) is 9.83. The third-order valence-corrected chi connectivity index (χ3v) is 2.59. The number of rotatable bonds is 5. The molecule has 0 aromatic heterocycles. The molecule has 9 nitrogen and oxygen atoms in total. The fourth-order valence-corrected chi connectivity index (χ4v) is 1.60. The van der Waals surface area contributed by atoms with Gasteiger partial charge in [0.2, 0.25) is 0 Å². The summed E-state index contributed by atoms with van der Waals surface area (Å²) in [6.45, 7) is 4.93. The first-order valence-corrected chi connectivity index (χ1v) is 6.02. The second-order valence-corrected chi connectivity index (χ2v) is 3.97. The van der Waals surface area contributed by atoms with Crippen LogP contribution in [0.25, 0.3) is 0 Å². The standard InChI is InChI=1S/C7H14N2O3.C4H4O4/c1-2-8-5-3-7(4-6-8)12-9(10)11;5-3(6)1-2-4(7)8/h7H,2-6H2,1H3;1-2H,(H,5,6)(H,7,8). The highest BCUT2D eigenvalue weighted by Crippen LogP contribution is 2.12. The molecule has 0 saturated carbocycles. The predicted molar refractivity (Wildman–Crippen MR) is 67.6 cm³/mol. The predicted octanol–water partition coefficient (Wildman–Crippen LogP) is 0.391. The van der Waals surface area contributed by atoms with Crippen LogP contribution in [0.4, 0.5) is 0 Å². The van der Waals surface area contributed by atoms with Gasteiger partial charge in [0.05, 0.1) is 0 Å². The smallest absolute Gasteiger partial charge is 0.328 e. The van der Waals surface area contributed by atoms with Gasteiger partial charge in [0.15, 0.2) is 0 Å². The molecule has 1 rings (SSSR count). The molecule has 9 heteroatoms. The van der Waals surface area contributed by atoms with Crippen LogP contribution >= 0.6 is 0 Å². The van der Waals surface area contributed by atoms with Crippen molar-refractivity contribution in [2.75, 3.05) is 19.6 Å². The first-order valence-electron chi connectivity index (χ1n) is 6.02. The van der Waals surface area contributed by atoms with Gasteiger partial charge < -0.3 is 20.0 Å². The van der Waals surface area contributed by atoms with E-state index in [1.54, 1.807) is 0 Å². The molecule has 0 aromatic rings. The number of hydrogen-bond donors (Lipinski definition) is 2. The van der Waals surface area contributed by atoms with Crippen molar-refractivity contribution in [1.82, 2.24) is 4.90 Å². The number of carboxylic acid groups (broad SMARTS) is 2. The summed E-state index contributed by atoms with van der Waals surface area (Å²) in [6, 6.07) is 0. The summed E-state index contributed by atoms with van der Waals surface area (Å²) in [5.74, 6) is -2.51. The number of hydrogen-bond acceptors (Lipinski definition) is 6. The van der Waals surface area contributed by atoms with Gasteiger partial charge in [-0.15, -0.1) is 10.1 Å². The van der Waals surface area contributed by atoms with Crippen molar-refractivity contribution in [1.29, 1.82) is 0 Å². The number of likely N-dealkylation sites (tertiary alicyclic amines) is 1. The summed E-state index contributed by atoms with van der Waals surface area (Å²) in [6.07, 6.45) is 2.48. The molecule has 114 valence electrons. The summed E-state index contributed by atoms with van der Waals surface area (Å²) in [4.78, 5) is 35.8. The molecule has 1 fully saturated rings. The fraction of sp³-hybridized carbons (Fsp3) is 0.636. The van der Waals surface area contributed by atoms with Crippen LogP contribution in [0.3, 0.4) is 0 Å². The minimum atomic E-state index is -1.26. The van der Waals surface area contributed by atoms with E-state index in [4.69, 9.17) is 10.2 Å². The Morgan fingerprint density at radius 1 is 1.30 bits per heavy atom. The molecule has 0 spiro atoms. The molecule has 1 aliphatic heterocycles. The fourth-order valence-electron chi connectivity index (χ4n) is 1.60. The van der Waals surface area contributed by atoms with Crippen molar-refractivity contribution in [2.45, 2.75) is 25.9 Å². The van der Waals surface area contributed by atoms with Gasteiger partial charge in [0.25, 0.3) is 5.09 Å². The lowest BCUT2D eigenvalue weighted by Crippen LogP contribution is -2.37. The maximum atomic E-state index is 9.99. The highest BCUT2D eigenvalue weighted by Gasteiger charge is 2.20. The highest BCUT2D eigenvalue weighted by molar-refractivity contribution is 5.89. The molecule has 2 N–H and O–H groups in total. The Bertz CT molecular complexity index is 346. The van der Waals surface area contributed by atoms with Crippen LogP contribution in [0.2, 0.25) is 0 Å². The Morgan fingerprint density at radius 3 is 2.05 bits per heavy atom. The molecule has 0 aliphatic carbocycles. The molecule has 0 bridgehead atoms. The summed E-state index contributed by atoms with van der Waals surface area (Å²) in [7, 11) is 0. The lowest BCUT2D eigenvalue weighted by molar-refractivity contribution is -0.769. The van der Waals surface area contributed by atoms with E-state index in [-0.39, 0.29) is 6.10 Å². The second-order valence-electron chi connectivity index (χ2n) is 3.97. The zero-order valence-corrected chi connectivity index (χ0v) is 11.1. The molecule has 20 heavy (non-hydrogen) atoms. The summed E-state index contributed by atoms with van der Waals surface area (Å²) in [5.41, 5.74) is 0. The lowest BCUT2D eigenvalue weighted by Gasteiger charge is -2.29. The largest absolute Gasteiger partial charge is 0.478 e. The average Bonchev–Trinajstić information content (AvgIpc) is 2.37. The quantitative estimate of drug-likeness (QED) is 0.422. The van der Waals surface area contributed by atoms with Crippen molar-refractivity contribution < 1.29 is 29.7 Å². The summed E-state index contributed by atoms with van der Waals surface area (Å²) < 4.78 is 0. The minimum Gasteiger partial charge on any atom is -0.478 e.